The third-order valence-corrected chi connectivity index (χ3v) is 3.10. The first-order valence-electron chi connectivity index (χ1n) is 4.87. The van der Waals surface area contributed by atoms with Crippen LogP contribution in [0.2, 0.25) is 0 Å². The molecule has 0 fully saturated rings. The molecular weight excluding hydrogens is 223 g/mol. The predicted octanol–water partition coefficient (Wildman–Crippen LogP) is 2.83. The summed E-state index contributed by atoms with van der Waals surface area (Å²) in [5.41, 5.74) is 6.28. The molecule has 2 rings (SSSR count). The molecule has 82 valence electrons. The van der Waals surface area contributed by atoms with E-state index >= 15 is 0 Å². The van der Waals surface area contributed by atoms with Crippen LogP contribution in [0.3, 0.4) is 0 Å². The number of nitrogens with two attached hydrogens (primary N) is 1. The largest absolute Gasteiger partial charge is 0.325 e. The first-order chi connectivity index (χ1) is 7.79. The molecule has 0 saturated carbocycles. The number of nitrogens with zero attached hydrogens (tertiary/aromatic N) is 1. The summed E-state index contributed by atoms with van der Waals surface area (Å²) in [4.78, 5) is 5.66. The van der Waals surface area contributed by atoms with Crippen molar-refractivity contribution < 1.29 is 4.39 Å². The second-order valence-corrected chi connectivity index (χ2v) is 4.34. The van der Waals surface area contributed by atoms with Crippen LogP contribution < -0.4 is 5.73 Å². The van der Waals surface area contributed by atoms with Crippen LogP contribution in [0, 0.1) is 5.82 Å². The molecule has 0 spiro atoms. The van der Waals surface area contributed by atoms with Crippen molar-refractivity contribution in [1.29, 1.82) is 0 Å². The van der Waals surface area contributed by atoms with Gasteiger partial charge in [0.2, 0.25) is 0 Å². The Balaban J connectivity index is 2.18. The second-order valence-electron chi connectivity index (χ2n) is 3.22. The quantitative estimate of drug-likeness (QED) is 0.887. The van der Waals surface area contributed by atoms with Crippen molar-refractivity contribution in [2.45, 2.75) is 16.3 Å². The lowest BCUT2D eigenvalue weighted by atomic mass is 10.3. The lowest BCUT2D eigenvalue weighted by Gasteiger charge is -2.03. The zero-order valence-corrected chi connectivity index (χ0v) is 9.38. The van der Waals surface area contributed by atoms with E-state index in [4.69, 9.17) is 5.73 Å². The summed E-state index contributed by atoms with van der Waals surface area (Å²) in [6, 6.07) is 10.4. The van der Waals surface area contributed by atoms with E-state index in [0.717, 1.165) is 10.6 Å². The molecule has 0 aliphatic carbocycles. The monoisotopic (exact) mass is 234 g/mol. The lowest BCUT2D eigenvalue weighted by molar-refractivity contribution is 0.602. The fourth-order valence-corrected chi connectivity index (χ4v) is 2.05. The Morgan fingerprint density at radius 1 is 1.19 bits per heavy atom. The van der Waals surface area contributed by atoms with E-state index in [-0.39, 0.29) is 5.82 Å². The Kier molecular flexibility index (Phi) is 3.54. The molecule has 1 aromatic carbocycles. The van der Waals surface area contributed by atoms with E-state index in [1.165, 1.54) is 17.8 Å². The molecule has 0 saturated heterocycles. The van der Waals surface area contributed by atoms with Gasteiger partial charge in [-0.1, -0.05) is 23.9 Å². The van der Waals surface area contributed by atoms with Gasteiger partial charge in [-0.3, -0.25) is 4.98 Å². The Labute approximate surface area is 97.7 Å². The molecule has 2 nitrogen and oxygen atoms in total. The molecular formula is C12H11FN2S. The molecule has 1 aromatic heterocycles. The Hall–Kier alpha value is -1.39. The molecule has 0 atom stereocenters. The van der Waals surface area contributed by atoms with Gasteiger partial charge in [-0.05, 0) is 24.3 Å². The Morgan fingerprint density at radius 2 is 2.00 bits per heavy atom. The minimum absolute atomic E-state index is 0.213. The second kappa shape index (κ2) is 5.09. The van der Waals surface area contributed by atoms with E-state index in [1.807, 2.05) is 18.2 Å². The van der Waals surface area contributed by atoms with E-state index in [1.54, 1.807) is 18.3 Å². The molecule has 2 aromatic rings. The average molecular weight is 234 g/mol. The van der Waals surface area contributed by atoms with Crippen LogP contribution in [0.5, 0.6) is 0 Å². The molecule has 0 radical (unpaired) electrons. The van der Waals surface area contributed by atoms with E-state index < -0.39 is 0 Å². The molecule has 16 heavy (non-hydrogen) atoms. The molecule has 1 heterocycles. The van der Waals surface area contributed by atoms with Gasteiger partial charge in [0.25, 0.3) is 0 Å². The molecule has 2 N–H and O–H groups in total. The van der Waals surface area contributed by atoms with Crippen molar-refractivity contribution in [3.63, 3.8) is 0 Å². The van der Waals surface area contributed by atoms with E-state index in [2.05, 4.69) is 4.98 Å². The van der Waals surface area contributed by atoms with Gasteiger partial charge in [0.15, 0.2) is 0 Å². The first-order valence-corrected chi connectivity index (χ1v) is 5.68. The minimum atomic E-state index is -0.213. The lowest BCUT2D eigenvalue weighted by Crippen LogP contribution is -1.98. The Bertz CT molecular complexity index is 471. The maximum atomic E-state index is 13.4. The number of halogens is 1. The summed E-state index contributed by atoms with van der Waals surface area (Å²) in [5.74, 6) is -0.213. The van der Waals surface area contributed by atoms with Crippen LogP contribution in [-0.2, 0) is 6.54 Å². The van der Waals surface area contributed by atoms with Gasteiger partial charge in [-0.25, -0.2) is 4.39 Å². The van der Waals surface area contributed by atoms with Gasteiger partial charge < -0.3 is 5.73 Å². The Morgan fingerprint density at radius 3 is 2.62 bits per heavy atom. The standard InChI is InChI=1S/C12H11FN2S/c13-11-3-1-2-4-12(11)16-10-6-5-9(7-14)15-8-10/h1-6,8H,7,14H2. The van der Waals surface area contributed by atoms with Crippen molar-refractivity contribution in [1.82, 2.24) is 4.98 Å². The van der Waals surface area contributed by atoms with Gasteiger partial charge in [0.1, 0.15) is 5.82 Å². The summed E-state index contributed by atoms with van der Waals surface area (Å²) in [6.45, 7) is 0.421. The first kappa shape index (κ1) is 11.1. The SMILES string of the molecule is NCc1ccc(Sc2ccccc2F)cn1. The van der Waals surface area contributed by atoms with Crippen LogP contribution in [-0.4, -0.2) is 4.98 Å². The highest BCUT2D eigenvalue weighted by atomic mass is 32.2. The van der Waals surface area contributed by atoms with Crippen molar-refractivity contribution in [2.75, 3.05) is 0 Å². The number of rotatable bonds is 3. The van der Waals surface area contributed by atoms with E-state index in [0.29, 0.717) is 11.4 Å². The normalized spacial score (nSPS) is 10.4. The van der Waals surface area contributed by atoms with Crippen LogP contribution in [0.1, 0.15) is 5.69 Å². The fourth-order valence-electron chi connectivity index (χ4n) is 1.25. The van der Waals surface area contributed by atoms with Gasteiger partial charge >= 0.3 is 0 Å². The van der Waals surface area contributed by atoms with Crippen LogP contribution in [0.15, 0.2) is 52.4 Å². The highest BCUT2D eigenvalue weighted by molar-refractivity contribution is 7.99. The highest BCUT2D eigenvalue weighted by Gasteiger charge is 2.03. The maximum Gasteiger partial charge on any atom is 0.137 e. The maximum absolute atomic E-state index is 13.4. The smallest absolute Gasteiger partial charge is 0.137 e. The molecule has 0 amide bonds. The van der Waals surface area contributed by atoms with Crippen molar-refractivity contribution in [3.05, 3.63) is 54.1 Å². The summed E-state index contributed by atoms with van der Waals surface area (Å²) in [6.07, 6.45) is 1.71. The molecule has 4 heteroatoms. The zero-order chi connectivity index (χ0) is 11.4. The van der Waals surface area contributed by atoms with Crippen molar-refractivity contribution in [2.24, 2.45) is 5.73 Å². The molecule has 0 unspecified atom stereocenters. The predicted molar refractivity (Wildman–Crippen MR) is 62.7 cm³/mol. The van der Waals surface area contributed by atoms with E-state index in [9.17, 15) is 4.39 Å². The topological polar surface area (TPSA) is 38.9 Å². The number of benzene rings is 1. The highest BCUT2D eigenvalue weighted by Crippen LogP contribution is 2.28. The summed E-state index contributed by atoms with van der Waals surface area (Å²) in [5, 5.41) is 0. The molecule has 0 aliphatic heterocycles. The van der Waals surface area contributed by atoms with Crippen LogP contribution >= 0.6 is 11.8 Å². The van der Waals surface area contributed by atoms with Crippen molar-refractivity contribution in [3.8, 4) is 0 Å². The number of pyridine rings is 1. The van der Waals surface area contributed by atoms with Gasteiger partial charge in [-0.2, -0.15) is 0 Å². The third kappa shape index (κ3) is 2.59. The third-order valence-electron chi connectivity index (χ3n) is 2.07. The molecule has 0 aliphatic rings. The number of hydrogen-bond acceptors (Lipinski definition) is 3. The number of hydrogen-bond donors (Lipinski definition) is 1. The summed E-state index contributed by atoms with van der Waals surface area (Å²) in [7, 11) is 0. The van der Waals surface area contributed by atoms with Crippen molar-refractivity contribution >= 4 is 11.8 Å². The molecule has 0 bridgehead atoms. The summed E-state index contributed by atoms with van der Waals surface area (Å²) >= 11 is 1.36. The average Bonchev–Trinajstić information content (AvgIpc) is 2.33. The fraction of sp³-hybridized carbons (Fsp3) is 0.0833. The zero-order valence-electron chi connectivity index (χ0n) is 8.56. The summed E-state index contributed by atoms with van der Waals surface area (Å²) < 4.78 is 13.4. The van der Waals surface area contributed by atoms with Gasteiger partial charge in [-0.15, -0.1) is 0 Å². The van der Waals surface area contributed by atoms with Crippen LogP contribution in [0.25, 0.3) is 0 Å². The minimum Gasteiger partial charge on any atom is -0.325 e. The number of aromatic nitrogens is 1. The van der Waals surface area contributed by atoms with Gasteiger partial charge in [0, 0.05) is 22.5 Å². The van der Waals surface area contributed by atoms with Gasteiger partial charge in [0.05, 0.1) is 5.69 Å². The van der Waals surface area contributed by atoms with Crippen LogP contribution in [0.4, 0.5) is 4.39 Å².